The fourth-order valence-electron chi connectivity index (χ4n) is 2.73. The van der Waals surface area contributed by atoms with E-state index in [1.165, 1.54) is 12.1 Å². The number of amides is 1. The normalized spacial score (nSPS) is 21.1. The number of rotatable bonds is 3. The Kier molecular flexibility index (Phi) is 5.19. The quantitative estimate of drug-likeness (QED) is 0.926. The van der Waals surface area contributed by atoms with Gasteiger partial charge in [-0.1, -0.05) is 17.7 Å². The maximum Gasteiger partial charge on any atom is 0.240 e. The molecule has 1 N–H and O–H groups in total. The third kappa shape index (κ3) is 3.54. The van der Waals surface area contributed by atoms with Crippen LogP contribution in [0.25, 0.3) is 0 Å². The van der Waals surface area contributed by atoms with Gasteiger partial charge in [0.15, 0.2) is 0 Å². The van der Waals surface area contributed by atoms with Gasteiger partial charge in [-0.25, -0.2) is 4.39 Å². The molecule has 1 aliphatic heterocycles. The number of halogens is 2. The molecular formula is C15H21ClFN3O. The van der Waals surface area contributed by atoms with Crippen molar-refractivity contribution in [1.82, 2.24) is 15.1 Å². The van der Waals surface area contributed by atoms with Gasteiger partial charge in [0.1, 0.15) is 11.9 Å². The molecule has 1 aromatic carbocycles. The fourth-order valence-corrected chi connectivity index (χ4v) is 3.05. The molecule has 6 heteroatoms. The first-order valence-corrected chi connectivity index (χ1v) is 7.42. The van der Waals surface area contributed by atoms with Crippen molar-refractivity contribution < 1.29 is 9.18 Å². The zero-order chi connectivity index (χ0) is 15.6. The second-order valence-corrected chi connectivity index (χ2v) is 5.94. The largest absolute Gasteiger partial charge is 0.347 e. The zero-order valence-electron chi connectivity index (χ0n) is 12.6. The highest BCUT2D eigenvalue weighted by Gasteiger charge is 2.33. The van der Waals surface area contributed by atoms with Gasteiger partial charge >= 0.3 is 0 Å². The lowest BCUT2D eigenvalue weighted by atomic mass is 10.0. The maximum atomic E-state index is 13.2. The minimum atomic E-state index is -0.350. The summed E-state index contributed by atoms with van der Waals surface area (Å²) in [6, 6.07) is 4.14. The number of piperazine rings is 1. The van der Waals surface area contributed by atoms with Gasteiger partial charge in [0, 0.05) is 44.8 Å². The summed E-state index contributed by atoms with van der Waals surface area (Å²) in [5.41, 5.74) is 0.844. The Morgan fingerprint density at radius 2 is 2.24 bits per heavy atom. The van der Waals surface area contributed by atoms with Crippen molar-refractivity contribution in [2.45, 2.75) is 19.0 Å². The van der Waals surface area contributed by atoms with Gasteiger partial charge in [-0.2, -0.15) is 0 Å². The van der Waals surface area contributed by atoms with Crippen LogP contribution in [0.2, 0.25) is 5.02 Å². The summed E-state index contributed by atoms with van der Waals surface area (Å²) < 4.78 is 13.2. The first kappa shape index (κ1) is 16.2. The summed E-state index contributed by atoms with van der Waals surface area (Å²) in [5.74, 6) is -0.288. The molecule has 116 valence electrons. The monoisotopic (exact) mass is 313 g/mol. The minimum absolute atomic E-state index is 0.0471. The summed E-state index contributed by atoms with van der Waals surface area (Å²) >= 11 is 6.16. The first-order valence-electron chi connectivity index (χ1n) is 7.04. The second-order valence-electron chi connectivity index (χ2n) is 5.53. The summed E-state index contributed by atoms with van der Waals surface area (Å²) in [6.45, 7) is 4.18. The van der Waals surface area contributed by atoms with Crippen molar-refractivity contribution in [3.05, 3.63) is 34.6 Å². The molecule has 2 atom stereocenters. The topological polar surface area (TPSA) is 35.6 Å². The molecule has 2 rings (SSSR count). The Hall–Kier alpha value is -1.17. The van der Waals surface area contributed by atoms with Gasteiger partial charge in [0.05, 0.1) is 0 Å². The molecule has 0 radical (unpaired) electrons. The van der Waals surface area contributed by atoms with Gasteiger partial charge in [-0.15, -0.1) is 0 Å². The van der Waals surface area contributed by atoms with E-state index in [1.54, 1.807) is 25.1 Å². The number of carbonyl (C=O) groups is 1. The molecule has 1 amide bonds. The van der Waals surface area contributed by atoms with Crippen molar-refractivity contribution in [2.75, 3.05) is 33.7 Å². The average Bonchev–Trinajstić information content (AvgIpc) is 2.45. The third-order valence-corrected chi connectivity index (χ3v) is 4.25. The minimum Gasteiger partial charge on any atom is -0.347 e. The van der Waals surface area contributed by atoms with Crippen molar-refractivity contribution in [3.8, 4) is 0 Å². The van der Waals surface area contributed by atoms with Crippen LogP contribution in [0.3, 0.4) is 0 Å². The molecule has 1 aromatic rings. The van der Waals surface area contributed by atoms with Gasteiger partial charge in [0.2, 0.25) is 5.91 Å². The van der Waals surface area contributed by atoms with Gasteiger partial charge in [-0.3, -0.25) is 9.69 Å². The van der Waals surface area contributed by atoms with Crippen LogP contribution < -0.4 is 5.32 Å². The van der Waals surface area contributed by atoms with Crippen LogP contribution in [0.1, 0.15) is 18.5 Å². The second kappa shape index (κ2) is 6.73. The Bertz CT molecular complexity index is 524. The number of hydrogen-bond donors (Lipinski definition) is 1. The molecule has 0 bridgehead atoms. The third-order valence-electron chi connectivity index (χ3n) is 3.92. The van der Waals surface area contributed by atoms with E-state index in [4.69, 9.17) is 11.6 Å². The summed E-state index contributed by atoms with van der Waals surface area (Å²) in [4.78, 5) is 16.1. The van der Waals surface area contributed by atoms with E-state index in [0.29, 0.717) is 11.6 Å². The molecule has 2 unspecified atom stereocenters. The van der Waals surface area contributed by atoms with Crippen LogP contribution in [-0.2, 0) is 4.79 Å². The van der Waals surface area contributed by atoms with Crippen molar-refractivity contribution in [2.24, 2.45) is 0 Å². The molecule has 4 nitrogen and oxygen atoms in total. The molecule has 0 spiro atoms. The van der Waals surface area contributed by atoms with E-state index < -0.39 is 0 Å². The van der Waals surface area contributed by atoms with E-state index >= 15 is 0 Å². The molecule has 1 fully saturated rings. The molecule has 0 aliphatic carbocycles. The van der Waals surface area contributed by atoms with Crippen LogP contribution in [-0.4, -0.2) is 55.5 Å². The Morgan fingerprint density at radius 1 is 1.52 bits per heavy atom. The van der Waals surface area contributed by atoms with Crippen LogP contribution in [0, 0.1) is 5.82 Å². The van der Waals surface area contributed by atoms with Crippen LogP contribution in [0.5, 0.6) is 0 Å². The SMILES string of the molecule is CC(c1ccc(F)cc1Cl)N1CCNCC1C(=O)N(C)C. The Morgan fingerprint density at radius 3 is 2.86 bits per heavy atom. The van der Waals surface area contributed by atoms with E-state index in [9.17, 15) is 9.18 Å². The smallest absolute Gasteiger partial charge is 0.240 e. The molecule has 0 aromatic heterocycles. The number of nitrogens with one attached hydrogen (secondary N) is 1. The van der Waals surface area contributed by atoms with Gasteiger partial charge < -0.3 is 10.2 Å². The van der Waals surface area contributed by atoms with Crippen LogP contribution in [0.15, 0.2) is 18.2 Å². The lowest BCUT2D eigenvalue weighted by molar-refractivity contribution is -0.136. The average molecular weight is 314 g/mol. The predicted molar refractivity (Wildman–Crippen MR) is 81.9 cm³/mol. The van der Waals surface area contributed by atoms with Crippen LogP contribution >= 0.6 is 11.6 Å². The van der Waals surface area contributed by atoms with Crippen LogP contribution in [0.4, 0.5) is 4.39 Å². The van der Waals surface area contributed by atoms with Gasteiger partial charge in [0.25, 0.3) is 0 Å². The number of likely N-dealkylation sites (N-methyl/N-ethyl adjacent to an activating group) is 1. The highest BCUT2D eigenvalue weighted by molar-refractivity contribution is 6.31. The lowest BCUT2D eigenvalue weighted by Crippen LogP contribution is -2.58. The number of benzene rings is 1. The zero-order valence-corrected chi connectivity index (χ0v) is 13.3. The molecule has 1 heterocycles. The van der Waals surface area contributed by atoms with Crippen molar-refractivity contribution >= 4 is 17.5 Å². The lowest BCUT2D eigenvalue weighted by Gasteiger charge is -2.40. The molecule has 21 heavy (non-hydrogen) atoms. The molecule has 1 saturated heterocycles. The van der Waals surface area contributed by atoms with Gasteiger partial charge in [-0.05, 0) is 24.6 Å². The highest BCUT2D eigenvalue weighted by Crippen LogP contribution is 2.30. The van der Waals surface area contributed by atoms with E-state index in [0.717, 1.165) is 18.7 Å². The molecule has 1 aliphatic rings. The summed E-state index contributed by atoms with van der Waals surface area (Å²) in [5, 5.41) is 3.65. The molecular weight excluding hydrogens is 293 g/mol. The molecule has 0 saturated carbocycles. The number of carbonyl (C=O) groups excluding carboxylic acids is 1. The first-order chi connectivity index (χ1) is 9.91. The fraction of sp³-hybridized carbons (Fsp3) is 0.533. The van der Waals surface area contributed by atoms with E-state index in [-0.39, 0.29) is 23.8 Å². The van der Waals surface area contributed by atoms with E-state index in [1.807, 2.05) is 6.92 Å². The highest BCUT2D eigenvalue weighted by atomic mass is 35.5. The summed E-state index contributed by atoms with van der Waals surface area (Å²) in [6.07, 6.45) is 0. The predicted octanol–water partition coefficient (Wildman–Crippen LogP) is 1.90. The maximum absolute atomic E-state index is 13.2. The number of hydrogen-bond acceptors (Lipinski definition) is 3. The number of nitrogens with zero attached hydrogens (tertiary/aromatic N) is 2. The van der Waals surface area contributed by atoms with Crippen molar-refractivity contribution in [1.29, 1.82) is 0 Å². The standard InChI is InChI=1S/C15H21ClFN3O/c1-10(12-5-4-11(17)8-13(12)16)20-7-6-18-9-14(20)15(21)19(2)3/h4-5,8,10,14,18H,6-7,9H2,1-3H3. The van der Waals surface area contributed by atoms with E-state index in [2.05, 4.69) is 10.2 Å². The summed E-state index contributed by atoms with van der Waals surface area (Å²) in [7, 11) is 3.51. The Labute approximate surface area is 129 Å². The Balaban J connectivity index is 2.26. The van der Waals surface area contributed by atoms with Crippen molar-refractivity contribution in [3.63, 3.8) is 0 Å².